The van der Waals surface area contributed by atoms with Crippen LogP contribution >= 0.6 is 0 Å². The molecule has 0 heterocycles. The van der Waals surface area contributed by atoms with Crippen LogP contribution in [0, 0.1) is 0 Å². The molecule has 0 aliphatic rings. The summed E-state index contributed by atoms with van der Waals surface area (Å²) in [5.41, 5.74) is 5.01. The molecule has 0 rings (SSSR count). The monoisotopic (exact) mass is 306 g/mol. The molecule has 8 N–H and O–H groups in total. The second-order valence-corrected chi connectivity index (χ2v) is 3.87. The first kappa shape index (κ1) is 18.8. The normalized spacial score (nSPS) is 12.9. The topological polar surface area (TPSA) is 191 Å². The van der Waals surface area contributed by atoms with Crippen molar-refractivity contribution in [3.8, 4) is 0 Å². The number of hydrogen-bond acceptors (Lipinski definition) is 7. The highest BCUT2D eigenvalue weighted by molar-refractivity contribution is 5.92. The Morgan fingerprint density at radius 1 is 0.952 bits per heavy atom. The number of rotatable bonds is 9. The van der Waals surface area contributed by atoms with Crippen molar-refractivity contribution >= 4 is 23.7 Å². The van der Waals surface area contributed by atoms with Crippen molar-refractivity contribution in [1.82, 2.24) is 16.0 Å². The molecule has 0 unspecified atom stereocenters. The zero-order valence-corrected chi connectivity index (χ0v) is 11.0. The van der Waals surface area contributed by atoms with Gasteiger partial charge in [0.1, 0.15) is 12.1 Å². The van der Waals surface area contributed by atoms with Crippen LogP contribution in [-0.4, -0.2) is 77.4 Å². The molecule has 0 bridgehead atoms. The van der Waals surface area contributed by atoms with E-state index >= 15 is 0 Å². The average Bonchev–Trinajstić information content (AvgIpc) is 2.46. The SMILES string of the molecule is NCC(=O)NCC(=O)N[C@@H](CO)C(=O)N[C@@H](CO)C(=O)O. The first-order chi connectivity index (χ1) is 9.85. The van der Waals surface area contributed by atoms with Crippen LogP contribution in [-0.2, 0) is 19.2 Å². The highest BCUT2D eigenvalue weighted by atomic mass is 16.4. The molecule has 0 saturated heterocycles. The van der Waals surface area contributed by atoms with Gasteiger partial charge in [0.15, 0.2) is 0 Å². The number of aliphatic hydroxyl groups excluding tert-OH is 2. The molecule has 0 radical (unpaired) electrons. The Kier molecular flexibility index (Phi) is 8.60. The van der Waals surface area contributed by atoms with Gasteiger partial charge in [0.05, 0.1) is 26.3 Å². The van der Waals surface area contributed by atoms with Gasteiger partial charge in [-0.3, -0.25) is 14.4 Å². The van der Waals surface area contributed by atoms with Crippen LogP contribution < -0.4 is 21.7 Å². The van der Waals surface area contributed by atoms with Crippen LogP contribution in [0.4, 0.5) is 0 Å². The third kappa shape index (κ3) is 7.20. The van der Waals surface area contributed by atoms with Gasteiger partial charge in [-0.05, 0) is 0 Å². The quantitative estimate of drug-likeness (QED) is 0.220. The Labute approximate surface area is 119 Å². The van der Waals surface area contributed by atoms with Crippen molar-refractivity contribution in [2.75, 3.05) is 26.3 Å². The van der Waals surface area contributed by atoms with E-state index in [0.29, 0.717) is 0 Å². The highest BCUT2D eigenvalue weighted by Crippen LogP contribution is 1.88. The molecule has 120 valence electrons. The molecule has 0 aromatic carbocycles. The van der Waals surface area contributed by atoms with Crippen LogP contribution in [0.2, 0.25) is 0 Å². The molecule has 2 atom stereocenters. The standard InChI is InChI=1S/C10H18N4O7/c11-1-7(17)12-2-8(18)13-5(3-15)9(19)14-6(4-16)10(20)21/h5-6,15-16H,1-4,11H2,(H,12,17)(H,13,18)(H,14,19)(H,20,21)/t5-,6-/m0/s1. The highest BCUT2D eigenvalue weighted by Gasteiger charge is 2.25. The van der Waals surface area contributed by atoms with Crippen molar-refractivity contribution < 1.29 is 34.5 Å². The maximum atomic E-state index is 11.6. The fourth-order valence-corrected chi connectivity index (χ4v) is 1.15. The van der Waals surface area contributed by atoms with Gasteiger partial charge in [-0.1, -0.05) is 0 Å². The predicted octanol–water partition coefficient (Wildman–Crippen LogP) is -4.90. The summed E-state index contributed by atoms with van der Waals surface area (Å²) in [5, 5.41) is 32.6. The van der Waals surface area contributed by atoms with Crippen molar-refractivity contribution in [1.29, 1.82) is 0 Å². The molecular weight excluding hydrogens is 288 g/mol. The molecule has 11 heteroatoms. The van der Waals surface area contributed by atoms with Gasteiger partial charge in [-0.15, -0.1) is 0 Å². The summed E-state index contributed by atoms with van der Waals surface area (Å²) in [6, 6.07) is -2.97. The smallest absolute Gasteiger partial charge is 0.328 e. The first-order valence-electron chi connectivity index (χ1n) is 5.86. The minimum Gasteiger partial charge on any atom is -0.480 e. The molecule has 0 aromatic heterocycles. The molecule has 11 nitrogen and oxygen atoms in total. The lowest BCUT2D eigenvalue weighted by Crippen LogP contribution is -2.55. The number of aliphatic carboxylic acids is 1. The Bertz CT molecular complexity index is 401. The van der Waals surface area contributed by atoms with Crippen LogP contribution in [0.15, 0.2) is 0 Å². The van der Waals surface area contributed by atoms with Crippen molar-refractivity contribution in [3.05, 3.63) is 0 Å². The zero-order chi connectivity index (χ0) is 16.4. The number of nitrogens with one attached hydrogen (secondary N) is 3. The number of carbonyl (C=O) groups excluding carboxylic acids is 3. The number of carboxylic acids is 1. The van der Waals surface area contributed by atoms with Gasteiger partial charge < -0.3 is 37.0 Å². The number of carbonyl (C=O) groups is 4. The summed E-state index contributed by atoms with van der Waals surface area (Å²) in [6.45, 7) is -2.41. The second-order valence-electron chi connectivity index (χ2n) is 3.87. The summed E-state index contributed by atoms with van der Waals surface area (Å²) >= 11 is 0. The van der Waals surface area contributed by atoms with E-state index in [1.165, 1.54) is 0 Å². The van der Waals surface area contributed by atoms with Gasteiger partial charge in [0, 0.05) is 0 Å². The third-order valence-electron chi connectivity index (χ3n) is 2.26. The zero-order valence-electron chi connectivity index (χ0n) is 11.0. The van der Waals surface area contributed by atoms with E-state index in [-0.39, 0.29) is 6.54 Å². The summed E-state index contributed by atoms with van der Waals surface area (Å²) in [4.78, 5) is 44.5. The Balaban J connectivity index is 4.42. The van der Waals surface area contributed by atoms with Gasteiger partial charge in [0.25, 0.3) is 0 Å². The fourth-order valence-electron chi connectivity index (χ4n) is 1.15. The van der Waals surface area contributed by atoms with E-state index < -0.39 is 55.5 Å². The lowest BCUT2D eigenvalue weighted by molar-refractivity contribution is -0.143. The predicted molar refractivity (Wildman–Crippen MR) is 67.7 cm³/mol. The van der Waals surface area contributed by atoms with E-state index in [2.05, 4.69) is 10.6 Å². The van der Waals surface area contributed by atoms with Crippen LogP contribution in [0.3, 0.4) is 0 Å². The maximum absolute atomic E-state index is 11.6. The fraction of sp³-hybridized carbons (Fsp3) is 0.600. The summed E-state index contributed by atoms with van der Waals surface area (Å²) in [6.07, 6.45) is 0. The van der Waals surface area contributed by atoms with Crippen molar-refractivity contribution in [2.24, 2.45) is 5.73 Å². The van der Waals surface area contributed by atoms with E-state index in [9.17, 15) is 19.2 Å². The average molecular weight is 306 g/mol. The summed E-state index contributed by atoms with van der Waals surface area (Å²) < 4.78 is 0. The molecule has 0 aromatic rings. The number of aliphatic hydroxyl groups is 2. The Morgan fingerprint density at radius 2 is 1.52 bits per heavy atom. The van der Waals surface area contributed by atoms with Gasteiger partial charge >= 0.3 is 5.97 Å². The summed E-state index contributed by atoms with van der Waals surface area (Å²) in [7, 11) is 0. The van der Waals surface area contributed by atoms with Crippen LogP contribution in [0.5, 0.6) is 0 Å². The molecule has 0 saturated carbocycles. The van der Waals surface area contributed by atoms with Crippen molar-refractivity contribution in [3.63, 3.8) is 0 Å². The van der Waals surface area contributed by atoms with Crippen LogP contribution in [0.25, 0.3) is 0 Å². The molecule has 3 amide bonds. The third-order valence-corrected chi connectivity index (χ3v) is 2.26. The van der Waals surface area contributed by atoms with E-state index in [1.54, 1.807) is 0 Å². The second kappa shape index (κ2) is 9.63. The van der Waals surface area contributed by atoms with Crippen molar-refractivity contribution in [2.45, 2.75) is 12.1 Å². The minimum absolute atomic E-state index is 0.312. The number of nitrogens with two attached hydrogens (primary N) is 1. The van der Waals surface area contributed by atoms with Gasteiger partial charge in [-0.25, -0.2) is 4.79 Å². The largest absolute Gasteiger partial charge is 0.480 e. The molecule has 0 aliphatic carbocycles. The van der Waals surface area contributed by atoms with E-state index in [0.717, 1.165) is 0 Å². The molecular formula is C10H18N4O7. The van der Waals surface area contributed by atoms with Crippen LogP contribution in [0.1, 0.15) is 0 Å². The molecule has 0 aliphatic heterocycles. The number of carboxylic acid groups (broad SMARTS) is 1. The molecule has 0 spiro atoms. The van der Waals surface area contributed by atoms with E-state index in [1.807, 2.05) is 5.32 Å². The lowest BCUT2D eigenvalue weighted by atomic mass is 10.2. The van der Waals surface area contributed by atoms with Gasteiger partial charge in [-0.2, -0.15) is 0 Å². The molecule has 0 fully saturated rings. The van der Waals surface area contributed by atoms with E-state index in [4.69, 9.17) is 21.1 Å². The Morgan fingerprint density at radius 3 is 1.95 bits per heavy atom. The lowest BCUT2D eigenvalue weighted by Gasteiger charge is -2.18. The molecule has 21 heavy (non-hydrogen) atoms. The minimum atomic E-state index is -1.56. The number of hydrogen-bond donors (Lipinski definition) is 7. The maximum Gasteiger partial charge on any atom is 0.328 e. The number of amides is 3. The summed E-state index contributed by atoms with van der Waals surface area (Å²) in [5.74, 6) is -3.82. The first-order valence-corrected chi connectivity index (χ1v) is 5.86. The van der Waals surface area contributed by atoms with Gasteiger partial charge in [0.2, 0.25) is 17.7 Å². The Hall–Kier alpha value is -2.24.